The van der Waals surface area contributed by atoms with Gasteiger partial charge in [-0.15, -0.1) is 0 Å². The van der Waals surface area contributed by atoms with Crippen LogP contribution in [0.25, 0.3) is 0 Å². The van der Waals surface area contributed by atoms with E-state index >= 15 is 0 Å². The molecule has 1 aliphatic heterocycles. The Labute approximate surface area is 113 Å². The first-order valence-corrected chi connectivity index (χ1v) is 6.98. The lowest BCUT2D eigenvalue weighted by atomic mass is 9.93. The second-order valence-corrected chi connectivity index (χ2v) is 5.30. The van der Waals surface area contributed by atoms with Gasteiger partial charge in [-0.2, -0.15) is 5.10 Å². The Kier molecular flexibility index (Phi) is 3.60. The second-order valence-electron chi connectivity index (χ2n) is 5.30. The van der Waals surface area contributed by atoms with Gasteiger partial charge in [0, 0.05) is 42.8 Å². The monoisotopic (exact) mass is 256 g/mol. The van der Waals surface area contributed by atoms with Crippen LogP contribution in [-0.4, -0.2) is 33.2 Å². The zero-order valence-corrected chi connectivity index (χ0v) is 11.3. The van der Waals surface area contributed by atoms with Gasteiger partial charge in [-0.3, -0.25) is 15.0 Å². The number of hydrogen-bond donors (Lipinski definition) is 1. The van der Waals surface area contributed by atoms with Crippen molar-refractivity contribution in [2.45, 2.75) is 31.7 Å². The molecule has 0 radical (unpaired) electrons. The standard InChI is InChI=1S/C15H20N4/c1-12(13-4-7-16-8-5-13)19-10-2-3-14(11-19)15-6-9-17-18-15/h4-9,12,14H,2-3,10-11H2,1H3,(H,17,18). The molecule has 3 heterocycles. The number of piperidine rings is 1. The van der Waals surface area contributed by atoms with Crippen molar-refractivity contribution in [2.75, 3.05) is 13.1 Å². The van der Waals surface area contributed by atoms with E-state index in [2.05, 4.69) is 45.2 Å². The summed E-state index contributed by atoms with van der Waals surface area (Å²) in [5.74, 6) is 0.584. The first-order chi connectivity index (χ1) is 9.34. The van der Waals surface area contributed by atoms with E-state index in [1.165, 1.54) is 30.6 Å². The van der Waals surface area contributed by atoms with Crippen molar-refractivity contribution in [3.05, 3.63) is 48.0 Å². The molecule has 1 N–H and O–H groups in total. The van der Waals surface area contributed by atoms with Gasteiger partial charge in [0.1, 0.15) is 0 Å². The summed E-state index contributed by atoms with van der Waals surface area (Å²) in [5.41, 5.74) is 2.62. The Morgan fingerprint density at radius 1 is 1.26 bits per heavy atom. The van der Waals surface area contributed by atoms with Crippen molar-refractivity contribution in [3.63, 3.8) is 0 Å². The van der Waals surface area contributed by atoms with Gasteiger partial charge in [0.15, 0.2) is 0 Å². The Morgan fingerprint density at radius 3 is 2.84 bits per heavy atom. The SMILES string of the molecule is CC(c1ccncc1)N1CCCC(c2ccn[nH]2)C1. The highest BCUT2D eigenvalue weighted by Crippen LogP contribution is 2.30. The zero-order chi connectivity index (χ0) is 13.1. The second kappa shape index (κ2) is 5.53. The van der Waals surface area contributed by atoms with Crippen LogP contribution in [0.2, 0.25) is 0 Å². The van der Waals surface area contributed by atoms with Crippen molar-refractivity contribution in [3.8, 4) is 0 Å². The van der Waals surface area contributed by atoms with Gasteiger partial charge in [-0.1, -0.05) is 0 Å². The van der Waals surface area contributed by atoms with Gasteiger partial charge >= 0.3 is 0 Å². The third kappa shape index (κ3) is 2.68. The molecule has 0 aromatic carbocycles. The fraction of sp³-hybridized carbons (Fsp3) is 0.467. The summed E-state index contributed by atoms with van der Waals surface area (Å²) < 4.78 is 0. The molecule has 1 aliphatic rings. The molecule has 0 spiro atoms. The molecule has 1 fully saturated rings. The average Bonchev–Trinajstić information content (AvgIpc) is 3.02. The number of nitrogens with one attached hydrogen (secondary N) is 1. The summed E-state index contributed by atoms with van der Waals surface area (Å²) in [5, 5.41) is 7.19. The number of hydrogen-bond acceptors (Lipinski definition) is 3. The van der Waals surface area contributed by atoms with Crippen molar-refractivity contribution >= 4 is 0 Å². The van der Waals surface area contributed by atoms with E-state index in [-0.39, 0.29) is 0 Å². The number of aromatic nitrogens is 3. The molecule has 4 nitrogen and oxygen atoms in total. The Balaban J connectivity index is 1.71. The van der Waals surface area contributed by atoms with E-state index in [0.29, 0.717) is 12.0 Å². The van der Waals surface area contributed by atoms with Crippen LogP contribution in [0.5, 0.6) is 0 Å². The van der Waals surface area contributed by atoms with Crippen molar-refractivity contribution in [2.24, 2.45) is 0 Å². The molecule has 4 heteroatoms. The molecule has 0 bridgehead atoms. The molecule has 2 aromatic heterocycles. The minimum Gasteiger partial charge on any atom is -0.296 e. The number of H-pyrrole nitrogens is 1. The summed E-state index contributed by atoms with van der Waals surface area (Å²) in [7, 11) is 0. The van der Waals surface area contributed by atoms with E-state index in [9.17, 15) is 0 Å². The molecule has 0 amide bonds. The number of likely N-dealkylation sites (tertiary alicyclic amines) is 1. The van der Waals surface area contributed by atoms with Gasteiger partial charge in [0.2, 0.25) is 0 Å². The molecule has 19 heavy (non-hydrogen) atoms. The molecule has 1 saturated heterocycles. The third-order valence-electron chi connectivity index (χ3n) is 4.15. The fourth-order valence-electron chi connectivity index (χ4n) is 2.96. The van der Waals surface area contributed by atoms with Crippen LogP contribution in [0.4, 0.5) is 0 Å². The van der Waals surface area contributed by atoms with Crippen LogP contribution in [0, 0.1) is 0 Å². The highest BCUT2D eigenvalue weighted by atomic mass is 15.2. The summed E-state index contributed by atoms with van der Waals surface area (Å²) in [4.78, 5) is 6.66. The molecule has 2 aromatic rings. The maximum atomic E-state index is 4.10. The molecular weight excluding hydrogens is 236 g/mol. The van der Waals surface area contributed by atoms with Crippen LogP contribution in [-0.2, 0) is 0 Å². The summed E-state index contributed by atoms with van der Waals surface area (Å²) in [6, 6.07) is 6.79. The normalized spacial score (nSPS) is 22.3. The highest BCUT2D eigenvalue weighted by molar-refractivity contribution is 5.15. The van der Waals surface area contributed by atoms with Crippen LogP contribution in [0.3, 0.4) is 0 Å². The van der Waals surface area contributed by atoms with E-state index in [4.69, 9.17) is 0 Å². The lowest BCUT2D eigenvalue weighted by molar-refractivity contribution is 0.157. The van der Waals surface area contributed by atoms with Crippen LogP contribution < -0.4 is 0 Å². The van der Waals surface area contributed by atoms with E-state index < -0.39 is 0 Å². The first-order valence-electron chi connectivity index (χ1n) is 6.98. The molecular formula is C15H20N4. The highest BCUT2D eigenvalue weighted by Gasteiger charge is 2.25. The van der Waals surface area contributed by atoms with Gasteiger partial charge in [-0.05, 0) is 50.1 Å². The zero-order valence-electron chi connectivity index (χ0n) is 11.3. The predicted molar refractivity (Wildman–Crippen MR) is 74.8 cm³/mol. The van der Waals surface area contributed by atoms with Gasteiger partial charge in [0.25, 0.3) is 0 Å². The number of pyridine rings is 1. The maximum Gasteiger partial charge on any atom is 0.0490 e. The van der Waals surface area contributed by atoms with E-state index in [1.807, 2.05) is 18.6 Å². The lowest BCUT2D eigenvalue weighted by Crippen LogP contribution is -2.36. The van der Waals surface area contributed by atoms with Crippen LogP contribution in [0.1, 0.15) is 43.0 Å². The third-order valence-corrected chi connectivity index (χ3v) is 4.15. The lowest BCUT2D eigenvalue weighted by Gasteiger charge is -2.36. The van der Waals surface area contributed by atoms with Gasteiger partial charge in [-0.25, -0.2) is 0 Å². The predicted octanol–water partition coefficient (Wildman–Crippen LogP) is 2.75. The minimum absolute atomic E-state index is 0.453. The smallest absolute Gasteiger partial charge is 0.0490 e. The van der Waals surface area contributed by atoms with E-state index in [0.717, 1.165) is 6.54 Å². The van der Waals surface area contributed by atoms with Crippen LogP contribution in [0.15, 0.2) is 36.8 Å². The quantitative estimate of drug-likeness (QED) is 0.918. The molecule has 0 saturated carbocycles. The molecule has 3 rings (SSSR count). The minimum atomic E-state index is 0.453. The van der Waals surface area contributed by atoms with E-state index in [1.54, 1.807) is 0 Å². The number of rotatable bonds is 3. The largest absolute Gasteiger partial charge is 0.296 e. The topological polar surface area (TPSA) is 44.8 Å². The van der Waals surface area contributed by atoms with Crippen LogP contribution >= 0.6 is 0 Å². The van der Waals surface area contributed by atoms with Crippen molar-refractivity contribution in [1.29, 1.82) is 0 Å². The first kappa shape index (κ1) is 12.4. The summed E-state index contributed by atoms with van der Waals surface area (Å²) >= 11 is 0. The van der Waals surface area contributed by atoms with Gasteiger partial charge < -0.3 is 0 Å². The van der Waals surface area contributed by atoms with Crippen molar-refractivity contribution in [1.82, 2.24) is 20.1 Å². The number of nitrogens with zero attached hydrogens (tertiary/aromatic N) is 3. The number of aromatic amines is 1. The summed E-state index contributed by atoms with van der Waals surface area (Å²) in [6.07, 6.45) is 8.10. The van der Waals surface area contributed by atoms with Gasteiger partial charge in [0.05, 0.1) is 0 Å². The Hall–Kier alpha value is -1.68. The Morgan fingerprint density at radius 2 is 2.11 bits per heavy atom. The molecule has 2 unspecified atom stereocenters. The molecule has 100 valence electrons. The maximum absolute atomic E-state index is 4.10. The Bertz CT molecular complexity index is 494. The van der Waals surface area contributed by atoms with Crippen molar-refractivity contribution < 1.29 is 0 Å². The fourth-order valence-corrected chi connectivity index (χ4v) is 2.96. The average molecular weight is 256 g/mol. The molecule has 2 atom stereocenters. The molecule has 0 aliphatic carbocycles. The summed E-state index contributed by atoms with van der Waals surface area (Å²) in [6.45, 7) is 4.56.